The van der Waals surface area contributed by atoms with E-state index in [1.165, 1.54) is 0 Å². The number of hydrogen-bond acceptors (Lipinski definition) is 3. The largest absolute Gasteiger partial charge is 0.358 e. The Morgan fingerprint density at radius 3 is 2.19 bits per heavy atom. The van der Waals surface area contributed by atoms with E-state index >= 15 is 0 Å². The fraction of sp³-hybridized carbons (Fsp3) is 0.917. The molecule has 0 aromatic rings. The number of carbonyl (C=O) groups excluding carboxylic acids is 1. The first-order chi connectivity index (χ1) is 7.32. The van der Waals surface area contributed by atoms with E-state index in [0.29, 0.717) is 19.2 Å². The number of carbonyl (C=O) groups is 1. The lowest BCUT2D eigenvalue weighted by Gasteiger charge is -2.23. The van der Waals surface area contributed by atoms with E-state index in [0.717, 1.165) is 6.54 Å². The van der Waals surface area contributed by atoms with Gasteiger partial charge in [0, 0.05) is 13.6 Å². The van der Waals surface area contributed by atoms with Crippen LogP contribution in [0.2, 0.25) is 0 Å². The van der Waals surface area contributed by atoms with Gasteiger partial charge in [0.15, 0.2) is 0 Å². The molecule has 16 heavy (non-hydrogen) atoms. The number of hydrogen-bond donors (Lipinski definition) is 0. The molecular formula is C12H26N2O2. The van der Waals surface area contributed by atoms with E-state index < -0.39 is 0 Å². The van der Waals surface area contributed by atoms with Gasteiger partial charge < -0.3 is 9.64 Å². The molecule has 0 aliphatic rings. The van der Waals surface area contributed by atoms with Gasteiger partial charge in [-0.2, -0.15) is 0 Å². The quantitative estimate of drug-likeness (QED) is 0.620. The molecule has 96 valence electrons. The van der Waals surface area contributed by atoms with Crippen LogP contribution < -0.4 is 0 Å². The normalized spacial score (nSPS) is 11.6. The predicted molar refractivity (Wildman–Crippen MR) is 66.2 cm³/mol. The third kappa shape index (κ3) is 7.65. The van der Waals surface area contributed by atoms with Crippen molar-refractivity contribution in [1.29, 1.82) is 0 Å². The molecule has 0 bridgehead atoms. The third-order valence-electron chi connectivity index (χ3n) is 2.11. The van der Waals surface area contributed by atoms with Crippen LogP contribution in [-0.4, -0.2) is 55.7 Å². The highest BCUT2D eigenvalue weighted by Gasteiger charge is 2.12. The summed E-state index contributed by atoms with van der Waals surface area (Å²) in [6.07, 6.45) is 0.156. The average Bonchev–Trinajstić information content (AvgIpc) is 2.12. The molecule has 0 unspecified atom stereocenters. The van der Waals surface area contributed by atoms with Gasteiger partial charge in [-0.15, -0.1) is 0 Å². The first kappa shape index (κ1) is 15.4. The van der Waals surface area contributed by atoms with E-state index in [1.807, 2.05) is 25.8 Å². The Labute approximate surface area is 99.5 Å². The van der Waals surface area contributed by atoms with Crippen molar-refractivity contribution in [2.24, 2.45) is 5.92 Å². The van der Waals surface area contributed by atoms with Crippen molar-refractivity contribution >= 4 is 5.91 Å². The van der Waals surface area contributed by atoms with Crippen molar-refractivity contribution in [3.8, 4) is 0 Å². The number of rotatable bonds is 7. The van der Waals surface area contributed by atoms with Gasteiger partial charge in [0.2, 0.25) is 5.91 Å². The Hall–Kier alpha value is -0.610. The Morgan fingerprint density at radius 1 is 1.19 bits per heavy atom. The molecule has 0 N–H and O–H groups in total. The van der Waals surface area contributed by atoms with Crippen LogP contribution in [0, 0.1) is 5.92 Å². The summed E-state index contributed by atoms with van der Waals surface area (Å²) >= 11 is 0. The van der Waals surface area contributed by atoms with Gasteiger partial charge in [0.1, 0.15) is 6.73 Å². The van der Waals surface area contributed by atoms with Crippen molar-refractivity contribution in [3.05, 3.63) is 0 Å². The lowest BCUT2D eigenvalue weighted by molar-refractivity contribution is -0.137. The van der Waals surface area contributed by atoms with Gasteiger partial charge in [0.25, 0.3) is 0 Å². The summed E-state index contributed by atoms with van der Waals surface area (Å²) < 4.78 is 5.37. The molecule has 0 saturated carbocycles. The van der Waals surface area contributed by atoms with Crippen LogP contribution in [0.1, 0.15) is 27.7 Å². The molecule has 4 nitrogen and oxygen atoms in total. The standard InChI is InChI=1S/C12H26N2O2/c1-10(2)7-13(5)8-12(15)14(6)9-16-11(3)4/h10-11H,7-9H2,1-6H3. The predicted octanol–water partition coefficient (Wildman–Crippen LogP) is 1.42. The summed E-state index contributed by atoms with van der Waals surface area (Å²) in [6.45, 7) is 9.97. The molecule has 4 heteroatoms. The Morgan fingerprint density at radius 2 is 1.75 bits per heavy atom. The van der Waals surface area contributed by atoms with Gasteiger partial charge in [-0.25, -0.2) is 0 Å². The van der Waals surface area contributed by atoms with Gasteiger partial charge in [-0.1, -0.05) is 13.8 Å². The van der Waals surface area contributed by atoms with E-state index in [4.69, 9.17) is 4.74 Å². The van der Waals surface area contributed by atoms with Gasteiger partial charge >= 0.3 is 0 Å². The van der Waals surface area contributed by atoms with Crippen LogP contribution in [0.5, 0.6) is 0 Å². The minimum atomic E-state index is 0.101. The topological polar surface area (TPSA) is 32.8 Å². The molecule has 0 fully saturated rings. The van der Waals surface area contributed by atoms with Gasteiger partial charge in [0.05, 0.1) is 12.6 Å². The lowest BCUT2D eigenvalue weighted by atomic mass is 10.2. The molecule has 0 atom stereocenters. The minimum absolute atomic E-state index is 0.101. The number of nitrogens with zero attached hydrogens (tertiary/aromatic N) is 2. The van der Waals surface area contributed by atoms with Crippen LogP contribution in [0.15, 0.2) is 0 Å². The van der Waals surface area contributed by atoms with E-state index in [1.54, 1.807) is 11.9 Å². The first-order valence-electron chi connectivity index (χ1n) is 5.87. The maximum atomic E-state index is 11.8. The molecule has 0 heterocycles. The molecule has 0 spiro atoms. The second-order valence-electron chi connectivity index (χ2n) is 5.03. The summed E-state index contributed by atoms with van der Waals surface area (Å²) in [4.78, 5) is 15.4. The number of amides is 1. The molecule has 0 aliphatic heterocycles. The van der Waals surface area contributed by atoms with Gasteiger partial charge in [-0.3, -0.25) is 9.69 Å². The van der Waals surface area contributed by atoms with Crippen LogP contribution in [0.25, 0.3) is 0 Å². The summed E-state index contributed by atoms with van der Waals surface area (Å²) in [6, 6.07) is 0. The molecule has 0 rings (SSSR count). The van der Waals surface area contributed by atoms with Crippen molar-refractivity contribution in [3.63, 3.8) is 0 Å². The first-order valence-corrected chi connectivity index (χ1v) is 5.87. The maximum Gasteiger partial charge on any atom is 0.238 e. The fourth-order valence-corrected chi connectivity index (χ4v) is 1.37. The highest BCUT2D eigenvalue weighted by atomic mass is 16.5. The van der Waals surface area contributed by atoms with Crippen molar-refractivity contribution in [2.75, 3.05) is 33.9 Å². The zero-order valence-corrected chi connectivity index (χ0v) is 11.5. The smallest absolute Gasteiger partial charge is 0.238 e. The Balaban J connectivity index is 3.86. The molecule has 0 radical (unpaired) electrons. The SMILES string of the molecule is CC(C)CN(C)CC(=O)N(C)COC(C)C. The molecule has 0 aliphatic carbocycles. The molecule has 0 saturated heterocycles. The van der Waals surface area contributed by atoms with Crippen molar-refractivity contribution in [1.82, 2.24) is 9.80 Å². The molecule has 0 aromatic carbocycles. The highest BCUT2D eigenvalue weighted by Crippen LogP contribution is 1.97. The highest BCUT2D eigenvalue weighted by molar-refractivity contribution is 5.77. The average molecular weight is 230 g/mol. The second kappa shape index (κ2) is 7.63. The maximum absolute atomic E-state index is 11.8. The van der Waals surface area contributed by atoms with Crippen LogP contribution in [0.3, 0.4) is 0 Å². The summed E-state index contributed by atoms with van der Waals surface area (Å²) in [5.74, 6) is 0.679. The molecule has 0 aromatic heterocycles. The van der Waals surface area contributed by atoms with E-state index in [2.05, 4.69) is 13.8 Å². The zero-order valence-electron chi connectivity index (χ0n) is 11.5. The van der Waals surface area contributed by atoms with Crippen molar-refractivity contribution in [2.45, 2.75) is 33.8 Å². The van der Waals surface area contributed by atoms with Crippen LogP contribution >= 0.6 is 0 Å². The van der Waals surface area contributed by atoms with Crippen LogP contribution in [0.4, 0.5) is 0 Å². The van der Waals surface area contributed by atoms with Crippen molar-refractivity contribution < 1.29 is 9.53 Å². The molecule has 1 amide bonds. The number of ether oxygens (including phenoxy) is 1. The summed E-state index contributed by atoms with van der Waals surface area (Å²) in [5, 5.41) is 0. The van der Waals surface area contributed by atoms with Crippen LogP contribution in [-0.2, 0) is 9.53 Å². The van der Waals surface area contributed by atoms with E-state index in [-0.39, 0.29) is 12.0 Å². The minimum Gasteiger partial charge on any atom is -0.358 e. The Kier molecular flexibility index (Phi) is 7.34. The summed E-state index contributed by atoms with van der Waals surface area (Å²) in [5.41, 5.74) is 0. The third-order valence-corrected chi connectivity index (χ3v) is 2.11. The lowest BCUT2D eigenvalue weighted by Crippen LogP contribution is -2.39. The number of likely N-dealkylation sites (N-methyl/N-ethyl adjacent to an activating group) is 2. The Bertz CT molecular complexity index is 205. The second-order valence-corrected chi connectivity index (χ2v) is 5.03. The fourth-order valence-electron chi connectivity index (χ4n) is 1.37. The van der Waals surface area contributed by atoms with E-state index in [9.17, 15) is 4.79 Å². The summed E-state index contributed by atoms with van der Waals surface area (Å²) in [7, 11) is 3.74. The molecular weight excluding hydrogens is 204 g/mol. The monoisotopic (exact) mass is 230 g/mol. The van der Waals surface area contributed by atoms with Gasteiger partial charge in [-0.05, 0) is 26.8 Å². The zero-order chi connectivity index (χ0) is 12.7.